The monoisotopic (exact) mass is 386 g/mol. The van der Waals surface area contributed by atoms with Gasteiger partial charge in [0.05, 0.1) is 5.69 Å². The molecule has 4 nitrogen and oxygen atoms in total. The number of amides is 2. The normalized spacial score (nSPS) is 19.1. The van der Waals surface area contributed by atoms with Gasteiger partial charge in [0.2, 0.25) is 11.8 Å². The zero-order valence-corrected chi connectivity index (χ0v) is 16.0. The first-order valence-electron chi connectivity index (χ1n) is 9.47. The van der Waals surface area contributed by atoms with E-state index in [0.29, 0.717) is 25.7 Å². The average molecular weight is 386 g/mol. The molecule has 0 aromatic heterocycles. The van der Waals surface area contributed by atoms with Crippen LogP contribution in [-0.2, 0) is 9.59 Å². The largest absolute Gasteiger partial charge is 0.326 e. The van der Waals surface area contributed by atoms with Crippen LogP contribution in [0.4, 0.5) is 20.2 Å². The lowest BCUT2D eigenvalue weighted by Crippen LogP contribution is -2.32. The number of aryl methyl sites for hydroxylation is 2. The molecule has 0 radical (unpaired) electrons. The van der Waals surface area contributed by atoms with Crippen LogP contribution in [0.3, 0.4) is 0 Å². The number of anilines is 2. The highest BCUT2D eigenvalue weighted by Crippen LogP contribution is 2.31. The van der Waals surface area contributed by atoms with Crippen LogP contribution < -0.4 is 10.6 Å². The fourth-order valence-electron chi connectivity index (χ4n) is 3.51. The lowest BCUT2D eigenvalue weighted by atomic mass is 9.81. The van der Waals surface area contributed by atoms with Gasteiger partial charge in [0.1, 0.15) is 11.6 Å². The molecular formula is C22H24F2N2O2. The zero-order valence-electron chi connectivity index (χ0n) is 16.0. The number of halogens is 2. The fourth-order valence-corrected chi connectivity index (χ4v) is 3.51. The van der Waals surface area contributed by atoms with Crippen molar-refractivity contribution in [3.8, 4) is 0 Å². The predicted octanol–water partition coefficient (Wildman–Crippen LogP) is 4.97. The van der Waals surface area contributed by atoms with Crippen LogP contribution in [0.25, 0.3) is 0 Å². The summed E-state index contributed by atoms with van der Waals surface area (Å²) < 4.78 is 26.7. The first-order chi connectivity index (χ1) is 13.3. The van der Waals surface area contributed by atoms with E-state index < -0.39 is 11.6 Å². The van der Waals surface area contributed by atoms with Gasteiger partial charge in [-0.25, -0.2) is 8.78 Å². The molecule has 0 saturated heterocycles. The Labute approximate surface area is 163 Å². The summed E-state index contributed by atoms with van der Waals surface area (Å²) in [7, 11) is 0. The second-order valence-corrected chi connectivity index (χ2v) is 7.45. The van der Waals surface area contributed by atoms with Crippen molar-refractivity contribution >= 4 is 23.2 Å². The molecule has 0 aliphatic heterocycles. The minimum atomic E-state index is -0.796. The van der Waals surface area contributed by atoms with E-state index in [-0.39, 0.29) is 29.3 Å². The predicted molar refractivity (Wildman–Crippen MR) is 105 cm³/mol. The number of rotatable bonds is 4. The maximum Gasteiger partial charge on any atom is 0.227 e. The quantitative estimate of drug-likeness (QED) is 0.780. The van der Waals surface area contributed by atoms with Gasteiger partial charge in [-0.2, -0.15) is 0 Å². The molecule has 1 fully saturated rings. The average Bonchev–Trinajstić information content (AvgIpc) is 2.67. The van der Waals surface area contributed by atoms with E-state index in [9.17, 15) is 18.4 Å². The molecule has 1 aliphatic carbocycles. The molecule has 3 rings (SSSR count). The van der Waals surface area contributed by atoms with Crippen LogP contribution in [0.2, 0.25) is 0 Å². The molecule has 0 unspecified atom stereocenters. The van der Waals surface area contributed by atoms with Gasteiger partial charge in [-0.15, -0.1) is 0 Å². The van der Waals surface area contributed by atoms with Gasteiger partial charge in [-0.1, -0.05) is 6.07 Å². The molecule has 2 N–H and O–H groups in total. The molecule has 28 heavy (non-hydrogen) atoms. The third-order valence-corrected chi connectivity index (χ3v) is 5.43. The standard InChI is InChI=1S/C22H24F2N2O2/c1-13-3-9-18(11-14(13)2)25-21(27)15-4-6-16(7-5-15)22(28)26-20-10-8-17(23)12-19(20)24/h3,8-12,15-16H,4-7H2,1-2H3,(H,25,27)(H,26,28). The molecule has 0 bridgehead atoms. The van der Waals surface area contributed by atoms with Crippen LogP contribution in [0.1, 0.15) is 36.8 Å². The van der Waals surface area contributed by atoms with E-state index in [1.807, 2.05) is 32.0 Å². The topological polar surface area (TPSA) is 58.2 Å². The highest BCUT2D eigenvalue weighted by atomic mass is 19.1. The maximum atomic E-state index is 13.7. The van der Waals surface area contributed by atoms with Crippen molar-refractivity contribution in [3.63, 3.8) is 0 Å². The van der Waals surface area contributed by atoms with Crippen molar-refractivity contribution in [2.45, 2.75) is 39.5 Å². The summed E-state index contributed by atoms with van der Waals surface area (Å²) >= 11 is 0. The van der Waals surface area contributed by atoms with E-state index in [2.05, 4.69) is 10.6 Å². The molecule has 2 amide bonds. The summed E-state index contributed by atoms with van der Waals surface area (Å²) in [5.74, 6) is -2.24. The fraction of sp³-hybridized carbons (Fsp3) is 0.364. The Morgan fingerprint density at radius 2 is 1.43 bits per heavy atom. The first kappa shape index (κ1) is 20.0. The number of hydrogen-bond acceptors (Lipinski definition) is 2. The molecule has 2 aromatic rings. The van der Waals surface area contributed by atoms with Crippen molar-refractivity contribution in [3.05, 3.63) is 59.2 Å². The molecule has 1 aliphatic rings. The van der Waals surface area contributed by atoms with E-state index in [4.69, 9.17) is 0 Å². The first-order valence-corrected chi connectivity index (χ1v) is 9.47. The highest BCUT2D eigenvalue weighted by molar-refractivity contribution is 5.94. The summed E-state index contributed by atoms with van der Waals surface area (Å²) in [6, 6.07) is 8.86. The third kappa shape index (κ3) is 4.74. The van der Waals surface area contributed by atoms with Crippen LogP contribution in [-0.4, -0.2) is 11.8 Å². The van der Waals surface area contributed by atoms with Crippen LogP contribution >= 0.6 is 0 Å². The zero-order chi connectivity index (χ0) is 20.3. The van der Waals surface area contributed by atoms with Crippen molar-refractivity contribution in [2.75, 3.05) is 10.6 Å². The van der Waals surface area contributed by atoms with Crippen molar-refractivity contribution in [2.24, 2.45) is 11.8 Å². The van der Waals surface area contributed by atoms with Crippen LogP contribution in [0, 0.1) is 37.3 Å². The van der Waals surface area contributed by atoms with Crippen molar-refractivity contribution in [1.29, 1.82) is 0 Å². The van der Waals surface area contributed by atoms with Gasteiger partial charge in [0.15, 0.2) is 0 Å². The molecule has 6 heteroatoms. The summed E-state index contributed by atoms with van der Waals surface area (Å²) in [5, 5.41) is 5.47. The Kier molecular flexibility index (Phi) is 6.07. The lowest BCUT2D eigenvalue weighted by molar-refractivity contribution is -0.125. The van der Waals surface area contributed by atoms with Crippen molar-refractivity contribution in [1.82, 2.24) is 0 Å². The van der Waals surface area contributed by atoms with Gasteiger partial charge in [0, 0.05) is 23.6 Å². The SMILES string of the molecule is Cc1ccc(NC(=O)C2CCC(C(=O)Nc3ccc(F)cc3F)CC2)cc1C. The van der Waals surface area contributed by atoms with E-state index in [0.717, 1.165) is 23.4 Å². The van der Waals surface area contributed by atoms with Crippen LogP contribution in [0.5, 0.6) is 0 Å². The number of carbonyl (C=O) groups is 2. The Balaban J connectivity index is 1.52. The smallest absolute Gasteiger partial charge is 0.227 e. The second-order valence-electron chi connectivity index (χ2n) is 7.45. The van der Waals surface area contributed by atoms with E-state index in [1.165, 1.54) is 11.6 Å². The molecular weight excluding hydrogens is 362 g/mol. The summed E-state index contributed by atoms with van der Waals surface area (Å²) in [6.07, 6.45) is 2.31. The molecule has 148 valence electrons. The van der Waals surface area contributed by atoms with Gasteiger partial charge in [0.25, 0.3) is 0 Å². The molecule has 0 heterocycles. The van der Waals surface area contributed by atoms with Crippen LogP contribution in [0.15, 0.2) is 36.4 Å². The Bertz CT molecular complexity index is 890. The Morgan fingerprint density at radius 3 is 2.00 bits per heavy atom. The molecule has 0 atom stereocenters. The van der Waals surface area contributed by atoms with Gasteiger partial charge in [-0.05, 0) is 74.9 Å². The van der Waals surface area contributed by atoms with E-state index in [1.54, 1.807) is 0 Å². The van der Waals surface area contributed by atoms with Gasteiger partial charge in [-0.3, -0.25) is 9.59 Å². The summed E-state index contributed by atoms with van der Waals surface area (Å²) in [4.78, 5) is 24.9. The Morgan fingerprint density at radius 1 is 0.821 bits per heavy atom. The van der Waals surface area contributed by atoms with Gasteiger partial charge < -0.3 is 10.6 Å². The Hall–Kier alpha value is -2.76. The summed E-state index contributed by atoms with van der Waals surface area (Å²) in [6.45, 7) is 4.02. The second kappa shape index (κ2) is 8.50. The number of hydrogen-bond donors (Lipinski definition) is 2. The third-order valence-electron chi connectivity index (χ3n) is 5.43. The minimum Gasteiger partial charge on any atom is -0.326 e. The van der Waals surface area contributed by atoms with E-state index >= 15 is 0 Å². The minimum absolute atomic E-state index is 0.0268. The van der Waals surface area contributed by atoms with Gasteiger partial charge >= 0.3 is 0 Å². The number of carbonyl (C=O) groups excluding carboxylic acids is 2. The summed E-state index contributed by atoms with van der Waals surface area (Å²) in [5.41, 5.74) is 3.04. The maximum absolute atomic E-state index is 13.7. The lowest BCUT2D eigenvalue weighted by Gasteiger charge is -2.27. The molecule has 2 aromatic carbocycles. The van der Waals surface area contributed by atoms with Crippen molar-refractivity contribution < 1.29 is 18.4 Å². The molecule has 0 spiro atoms. The highest BCUT2D eigenvalue weighted by Gasteiger charge is 2.30. The number of benzene rings is 2. The molecule has 1 saturated carbocycles. The number of nitrogens with one attached hydrogen (secondary N) is 2.